The zero-order chi connectivity index (χ0) is 18.9. The molecule has 3 atom stereocenters. The molecule has 0 bridgehead atoms. The quantitative estimate of drug-likeness (QED) is 0.862. The van der Waals surface area contributed by atoms with Gasteiger partial charge in [0, 0.05) is 38.3 Å². The second kappa shape index (κ2) is 7.59. The number of carbonyl (C=O) groups is 1. The first-order valence-corrected chi connectivity index (χ1v) is 10.7. The number of hydrogen-bond donors (Lipinski definition) is 1. The number of piperidine rings is 2. The van der Waals surface area contributed by atoms with Crippen molar-refractivity contribution in [1.29, 1.82) is 0 Å². The molecule has 0 aromatic heterocycles. The molecule has 5 rings (SSSR count). The van der Waals surface area contributed by atoms with Crippen LogP contribution < -0.4 is 5.32 Å². The fourth-order valence-electron chi connectivity index (χ4n) is 5.52. The molecule has 2 fully saturated rings. The SMILES string of the molecule is O=C(NCc1ccccc1)N1CCC[C@@H]2CN3CCc4ccccc4[C@@H]3C[C@@H]21. The summed E-state index contributed by atoms with van der Waals surface area (Å²) < 4.78 is 0. The molecule has 2 saturated heterocycles. The van der Waals surface area contributed by atoms with Gasteiger partial charge in [0.1, 0.15) is 0 Å². The molecule has 3 aliphatic heterocycles. The molecule has 1 N–H and O–H groups in total. The molecule has 0 saturated carbocycles. The van der Waals surface area contributed by atoms with Crippen molar-refractivity contribution in [2.75, 3.05) is 19.6 Å². The molecular weight excluding hydrogens is 346 g/mol. The number of hydrogen-bond acceptors (Lipinski definition) is 2. The molecule has 2 amide bonds. The summed E-state index contributed by atoms with van der Waals surface area (Å²) in [6, 6.07) is 20.0. The predicted octanol–water partition coefficient (Wildman–Crippen LogP) is 3.98. The number of benzene rings is 2. The van der Waals surface area contributed by atoms with Gasteiger partial charge in [0.2, 0.25) is 0 Å². The summed E-state index contributed by atoms with van der Waals surface area (Å²) in [5.41, 5.74) is 4.14. The summed E-state index contributed by atoms with van der Waals surface area (Å²) in [5, 5.41) is 3.17. The summed E-state index contributed by atoms with van der Waals surface area (Å²) in [7, 11) is 0. The lowest BCUT2D eigenvalue weighted by atomic mass is 9.77. The Morgan fingerprint density at radius 3 is 2.75 bits per heavy atom. The Morgan fingerprint density at radius 1 is 1.04 bits per heavy atom. The van der Waals surface area contributed by atoms with Crippen molar-refractivity contribution >= 4 is 6.03 Å². The van der Waals surface area contributed by atoms with Gasteiger partial charge in [-0.3, -0.25) is 4.90 Å². The molecule has 0 aliphatic carbocycles. The third-order valence-electron chi connectivity index (χ3n) is 6.92. The van der Waals surface area contributed by atoms with Crippen LogP contribution in [0.4, 0.5) is 4.79 Å². The van der Waals surface area contributed by atoms with Crippen LogP contribution in [0.2, 0.25) is 0 Å². The third kappa shape index (κ3) is 3.30. The lowest BCUT2D eigenvalue weighted by molar-refractivity contribution is 0.00568. The number of rotatable bonds is 2. The van der Waals surface area contributed by atoms with Crippen LogP contribution in [0, 0.1) is 5.92 Å². The highest BCUT2D eigenvalue weighted by Crippen LogP contribution is 2.42. The van der Waals surface area contributed by atoms with Crippen molar-refractivity contribution in [3.8, 4) is 0 Å². The van der Waals surface area contributed by atoms with Gasteiger partial charge >= 0.3 is 6.03 Å². The van der Waals surface area contributed by atoms with Crippen molar-refractivity contribution in [1.82, 2.24) is 15.1 Å². The van der Waals surface area contributed by atoms with Gasteiger partial charge in [0.05, 0.1) is 0 Å². The Bertz CT molecular complexity index is 837. The van der Waals surface area contributed by atoms with Crippen LogP contribution in [-0.4, -0.2) is 41.5 Å². The average Bonchev–Trinajstić information content (AvgIpc) is 2.76. The first-order valence-electron chi connectivity index (χ1n) is 10.7. The Hall–Kier alpha value is -2.33. The fourth-order valence-corrected chi connectivity index (χ4v) is 5.52. The fraction of sp³-hybridized carbons (Fsp3) is 0.458. The monoisotopic (exact) mass is 375 g/mol. The Morgan fingerprint density at radius 2 is 1.86 bits per heavy atom. The van der Waals surface area contributed by atoms with E-state index in [0.29, 0.717) is 24.5 Å². The van der Waals surface area contributed by atoms with Gasteiger partial charge in [-0.15, -0.1) is 0 Å². The summed E-state index contributed by atoms with van der Waals surface area (Å²) in [4.78, 5) is 17.9. The number of fused-ring (bicyclic) bond motifs is 4. The van der Waals surface area contributed by atoms with E-state index >= 15 is 0 Å². The van der Waals surface area contributed by atoms with Crippen molar-refractivity contribution < 1.29 is 4.79 Å². The van der Waals surface area contributed by atoms with E-state index in [1.807, 2.05) is 18.2 Å². The average molecular weight is 376 g/mol. The van der Waals surface area contributed by atoms with Crippen molar-refractivity contribution in [3.63, 3.8) is 0 Å². The molecule has 28 heavy (non-hydrogen) atoms. The number of carbonyl (C=O) groups excluding carboxylic acids is 1. The molecule has 146 valence electrons. The molecule has 0 radical (unpaired) electrons. The van der Waals surface area contributed by atoms with E-state index in [2.05, 4.69) is 51.5 Å². The normalized spacial score (nSPS) is 26.7. The maximum absolute atomic E-state index is 13.0. The number of nitrogens with zero attached hydrogens (tertiary/aromatic N) is 2. The lowest BCUT2D eigenvalue weighted by Gasteiger charge is -2.52. The molecule has 4 nitrogen and oxygen atoms in total. The predicted molar refractivity (Wildman–Crippen MR) is 111 cm³/mol. The second-order valence-corrected chi connectivity index (χ2v) is 8.50. The molecule has 3 heterocycles. The van der Waals surface area contributed by atoms with Gasteiger partial charge < -0.3 is 10.2 Å². The third-order valence-corrected chi connectivity index (χ3v) is 6.92. The van der Waals surface area contributed by atoms with Gasteiger partial charge in [-0.1, -0.05) is 54.6 Å². The van der Waals surface area contributed by atoms with Crippen LogP contribution in [0.3, 0.4) is 0 Å². The van der Waals surface area contributed by atoms with E-state index < -0.39 is 0 Å². The van der Waals surface area contributed by atoms with Gasteiger partial charge in [-0.25, -0.2) is 4.79 Å². The molecule has 0 unspecified atom stereocenters. The maximum atomic E-state index is 13.0. The summed E-state index contributed by atoms with van der Waals surface area (Å²) >= 11 is 0. The van der Waals surface area contributed by atoms with E-state index in [-0.39, 0.29) is 6.03 Å². The Kier molecular flexibility index (Phi) is 4.81. The Labute approximate surface area is 167 Å². The van der Waals surface area contributed by atoms with Gasteiger partial charge in [-0.2, -0.15) is 0 Å². The van der Waals surface area contributed by atoms with Gasteiger partial charge in [0.25, 0.3) is 0 Å². The minimum Gasteiger partial charge on any atom is -0.334 e. The number of nitrogens with one attached hydrogen (secondary N) is 1. The summed E-state index contributed by atoms with van der Waals surface area (Å²) in [6.45, 7) is 3.78. The molecular formula is C24H29N3O. The summed E-state index contributed by atoms with van der Waals surface area (Å²) in [5.74, 6) is 0.609. The smallest absolute Gasteiger partial charge is 0.317 e. The van der Waals surface area contributed by atoms with Crippen LogP contribution in [0.15, 0.2) is 54.6 Å². The van der Waals surface area contributed by atoms with Gasteiger partial charge in [-0.05, 0) is 48.3 Å². The van der Waals surface area contributed by atoms with Crippen LogP contribution in [0.1, 0.15) is 42.0 Å². The molecule has 2 aromatic rings. The zero-order valence-corrected chi connectivity index (χ0v) is 16.4. The van der Waals surface area contributed by atoms with Crippen molar-refractivity contribution in [3.05, 3.63) is 71.3 Å². The first kappa shape index (κ1) is 17.7. The second-order valence-electron chi connectivity index (χ2n) is 8.50. The van der Waals surface area contributed by atoms with Crippen molar-refractivity contribution in [2.45, 2.75) is 44.3 Å². The highest BCUT2D eigenvalue weighted by atomic mass is 16.2. The van der Waals surface area contributed by atoms with E-state index in [9.17, 15) is 4.79 Å². The van der Waals surface area contributed by atoms with E-state index in [1.165, 1.54) is 17.5 Å². The van der Waals surface area contributed by atoms with Crippen LogP contribution in [0.5, 0.6) is 0 Å². The summed E-state index contributed by atoms with van der Waals surface area (Å²) in [6.07, 6.45) is 4.60. The molecule has 4 heteroatoms. The van der Waals surface area contributed by atoms with Crippen LogP contribution in [0.25, 0.3) is 0 Å². The van der Waals surface area contributed by atoms with Gasteiger partial charge in [0.15, 0.2) is 0 Å². The standard InChI is InChI=1S/C24H29N3O/c28-24(25-16-18-7-2-1-3-8-18)27-13-6-10-20-17-26-14-12-19-9-4-5-11-21(19)23(26)15-22(20)27/h1-5,7-9,11,20,22-23H,6,10,12-17H2,(H,25,28)/t20-,22+,23+/m1/s1. The largest absolute Gasteiger partial charge is 0.334 e. The van der Waals surface area contributed by atoms with E-state index in [0.717, 1.165) is 44.5 Å². The van der Waals surface area contributed by atoms with Crippen LogP contribution >= 0.6 is 0 Å². The molecule has 0 spiro atoms. The maximum Gasteiger partial charge on any atom is 0.317 e. The highest BCUT2D eigenvalue weighted by molar-refractivity contribution is 5.74. The first-order chi connectivity index (χ1) is 13.8. The van der Waals surface area contributed by atoms with Crippen LogP contribution in [-0.2, 0) is 13.0 Å². The minimum atomic E-state index is 0.107. The van der Waals surface area contributed by atoms with E-state index in [1.54, 1.807) is 0 Å². The number of amides is 2. The zero-order valence-electron chi connectivity index (χ0n) is 16.4. The minimum absolute atomic E-state index is 0.107. The number of likely N-dealkylation sites (tertiary alicyclic amines) is 1. The lowest BCUT2D eigenvalue weighted by Crippen LogP contribution is -2.59. The highest BCUT2D eigenvalue weighted by Gasteiger charge is 2.43. The molecule has 2 aromatic carbocycles. The molecule has 3 aliphatic rings. The Balaban J connectivity index is 1.32. The van der Waals surface area contributed by atoms with Crippen molar-refractivity contribution in [2.24, 2.45) is 5.92 Å². The van der Waals surface area contributed by atoms with E-state index in [4.69, 9.17) is 0 Å². The number of urea groups is 1. The topological polar surface area (TPSA) is 35.6 Å².